The van der Waals surface area contributed by atoms with Crippen LogP contribution in [0.2, 0.25) is 0 Å². The van der Waals surface area contributed by atoms with Gasteiger partial charge in [0.15, 0.2) is 0 Å². The van der Waals surface area contributed by atoms with E-state index in [0.717, 1.165) is 42.7 Å². The zero-order valence-corrected chi connectivity index (χ0v) is 31.4. The molecule has 14 heteroatoms. The number of aryl methyl sites for hydroxylation is 3. The van der Waals surface area contributed by atoms with Gasteiger partial charge in [-0.25, -0.2) is 0 Å². The smallest absolute Gasteiger partial charge is 0.247 e. The van der Waals surface area contributed by atoms with Crippen LogP contribution >= 0.6 is 0 Å². The van der Waals surface area contributed by atoms with E-state index in [1.165, 1.54) is 0 Å². The van der Waals surface area contributed by atoms with Gasteiger partial charge in [0.05, 0.1) is 30.7 Å². The van der Waals surface area contributed by atoms with E-state index < -0.39 is 42.9 Å². The van der Waals surface area contributed by atoms with Crippen molar-refractivity contribution in [1.29, 1.82) is 0 Å². The van der Waals surface area contributed by atoms with Crippen LogP contribution in [0.4, 0.5) is 0 Å². The Balaban J connectivity index is 1.14. The first kappa shape index (κ1) is 40.6. The van der Waals surface area contributed by atoms with Gasteiger partial charge < -0.3 is 45.2 Å². The zero-order valence-electron chi connectivity index (χ0n) is 31.4. The molecule has 292 valence electrons. The van der Waals surface area contributed by atoms with Crippen molar-refractivity contribution in [1.82, 2.24) is 24.9 Å². The summed E-state index contributed by atoms with van der Waals surface area (Å²) in [5.74, 6) is 0.548. The Morgan fingerprint density at radius 3 is 2.26 bits per heavy atom. The van der Waals surface area contributed by atoms with E-state index in [0.29, 0.717) is 55.6 Å². The molecule has 14 nitrogen and oxygen atoms in total. The summed E-state index contributed by atoms with van der Waals surface area (Å²) in [5.41, 5.74) is 2.87. The fourth-order valence-corrected chi connectivity index (χ4v) is 7.21. The van der Waals surface area contributed by atoms with Crippen LogP contribution in [-0.4, -0.2) is 139 Å². The number of hydrogen-bond donors (Lipinski definition) is 6. The summed E-state index contributed by atoms with van der Waals surface area (Å²) in [6.07, 6.45) is -4.20. The van der Waals surface area contributed by atoms with E-state index in [-0.39, 0.29) is 30.8 Å². The van der Waals surface area contributed by atoms with Crippen LogP contribution in [0.3, 0.4) is 0 Å². The van der Waals surface area contributed by atoms with Gasteiger partial charge >= 0.3 is 0 Å². The molecule has 2 aliphatic heterocycles. The molecule has 2 aromatic carbocycles. The number of carbonyl (C=O) groups is 2. The van der Waals surface area contributed by atoms with Gasteiger partial charge in [-0.3, -0.25) is 19.2 Å². The predicted molar refractivity (Wildman–Crippen MR) is 198 cm³/mol. The number of hydrogen-bond acceptors (Lipinski definition) is 11. The number of fused-ring (bicyclic) bond motifs is 1. The first-order chi connectivity index (χ1) is 25.3. The molecule has 5 atom stereocenters. The molecular formula is C39H57N5O9. The molecule has 3 aromatic rings. The Labute approximate surface area is 311 Å². The highest BCUT2D eigenvalue weighted by molar-refractivity contribution is 5.91. The third-order valence-electron chi connectivity index (χ3n) is 10.1. The molecule has 1 aromatic heterocycles. The Hall–Kier alpha value is -3.63. The standard InChI is InChI=1S/C39H57N5O9/c1-25(2)23-42-17-19-43(20-18-42)38(51)39(3,4)40-31(47)10-5-7-26-11-13-27(14-12-26)15-16-28-8-6-9-29-32(28)36(41-44(29)21-22-45)53-37-35(50)34(49)33(48)30(24-46)52-37/h6,8-9,11-14,25,30,33-35,37,45-46,48-50H,5,7,10,15-24H2,1-4H3,(H,40,47)/t30-,33-,34+,35-,37+/m1/s1. The molecule has 5 rings (SSSR count). The first-order valence-electron chi connectivity index (χ1n) is 18.8. The van der Waals surface area contributed by atoms with Crippen LogP contribution in [0.5, 0.6) is 5.88 Å². The molecule has 3 heterocycles. The lowest BCUT2D eigenvalue weighted by Gasteiger charge is -2.39. The molecule has 0 aliphatic carbocycles. The molecule has 2 saturated heterocycles. The Morgan fingerprint density at radius 1 is 0.943 bits per heavy atom. The Bertz CT molecular complexity index is 1650. The van der Waals surface area contributed by atoms with Gasteiger partial charge in [-0.05, 0) is 68.2 Å². The van der Waals surface area contributed by atoms with Crippen molar-refractivity contribution in [3.63, 3.8) is 0 Å². The number of amides is 2. The molecule has 0 spiro atoms. The molecule has 0 saturated carbocycles. The van der Waals surface area contributed by atoms with Gasteiger partial charge in [-0.15, -0.1) is 5.10 Å². The lowest BCUT2D eigenvalue weighted by Crippen LogP contribution is -2.60. The third kappa shape index (κ3) is 10.1. The van der Waals surface area contributed by atoms with Crippen molar-refractivity contribution < 1.29 is 44.6 Å². The number of benzene rings is 2. The van der Waals surface area contributed by atoms with Gasteiger partial charge in [-0.1, -0.05) is 50.2 Å². The minimum absolute atomic E-state index is 0.0431. The van der Waals surface area contributed by atoms with Gasteiger partial charge in [0.2, 0.25) is 24.0 Å². The summed E-state index contributed by atoms with van der Waals surface area (Å²) < 4.78 is 13.2. The second-order valence-electron chi connectivity index (χ2n) is 15.2. The van der Waals surface area contributed by atoms with Crippen molar-refractivity contribution in [3.8, 4) is 5.88 Å². The molecule has 53 heavy (non-hydrogen) atoms. The molecular weight excluding hydrogens is 682 g/mol. The molecule has 2 fully saturated rings. The topological polar surface area (TPSA) is 190 Å². The van der Waals surface area contributed by atoms with E-state index in [2.05, 4.69) is 53.4 Å². The minimum atomic E-state index is -1.59. The fraction of sp³-hybridized carbons (Fsp3) is 0.615. The van der Waals surface area contributed by atoms with Crippen molar-refractivity contribution in [2.45, 2.75) is 103 Å². The SMILES string of the molecule is CC(C)CN1CCN(C(=O)C(C)(C)NC(=O)CCCc2ccc(CCc3cccc4c3c(O[C@@H]3O[C@H](CO)[C@@H](O)[C@H](O)[C@H]3O)nn4CCO)cc2)CC1. The van der Waals surface area contributed by atoms with Crippen LogP contribution in [0.15, 0.2) is 42.5 Å². The number of piperazine rings is 1. The maximum absolute atomic E-state index is 13.2. The van der Waals surface area contributed by atoms with Crippen molar-refractivity contribution in [3.05, 3.63) is 59.2 Å². The number of nitrogens with one attached hydrogen (secondary N) is 1. The maximum Gasteiger partial charge on any atom is 0.247 e. The van der Waals surface area contributed by atoms with Gasteiger partial charge in [-0.2, -0.15) is 0 Å². The second-order valence-corrected chi connectivity index (χ2v) is 15.2. The van der Waals surface area contributed by atoms with Gasteiger partial charge in [0.1, 0.15) is 30.0 Å². The molecule has 2 aliphatic rings. The summed E-state index contributed by atoms with van der Waals surface area (Å²) in [6, 6.07) is 14.0. The number of aliphatic hydroxyl groups is 5. The minimum Gasteiger partial charge on any atom is -0.443 e. The molecule has 0 radical (unpaired) electrons. The molecule has 0 unspecified atom stereocenters. The lowest BCUT2D eigenvalue weighted by molar-refractivity contribution is -0.278. The van der Waals surface area contributed by atoms with Crippen LogP contribution in [0.1, 0.15) is 57.2 Å². The van der Waals surface area contributed by atoms with Gasteiger partial charge in [0.25, 0.3) is 0 Å². The van der Waals surface area contributed by atoms with Gasteiger partial charge in [0, 0.05) is 39.1 Å². The number of nitrogens with zero attached hydrogens (tertiary/aromatic N) is 4. The maximum atomic E-state index is 13.2. The van der Waals surface area contributed by atoms with E-state index in [4.69, 9.17) is 9.47 Å². The number of aromatic nitrogens is 2. The average Bonchev–Trinajstić information content (AvgIpc) is 3.48. The van der Waals surface area contributed by atoms with E-state index >= 15 is 0 Å². The van der Waals surface area contributed by atoms with E-state index in [1.807, 2.05) is 23.1 Å². The summed E-state index contributed by atoms with van der Waals surface area (Å²) in [7, 11) is 0. The summed E-state index contributed by atoms with van der Waals surface area (Å²) in [5, 5.41) is 58.4. The Kier molecular flexibility index (Phi) is 13.9. The van der Waals surface area contributed by atoms with Crippen molar-refractivity contribution >= 4 is 22.7 Å². The van der Waals surface area contributed by atoms with Crippen molar-refractivity contribution in [2.24, 2.45) is 5.92 Å². The normalized spacial score (nSPS) is 22.8. The fourth-order valence-electron chi connectivity index (χ4n) is 7.21. The monoisotopic (exact) mass is 739 g/mol. The average molecular weight is 740 g/mol. The predicted octanol–water partition coefficient (Wildman–Crippen LogP) is 1.01. The summed E-state index contributed by atoms with van der Waals surface area (Å²) in [6.45, 7) is 11.5. The van der Waals surface area contributed by atoms with Crippen LogP contribution in [0, 0.1) is 5.92 Å². The van der Waals surface area contributed by atoms with E-state index in [1.54, 1.807) is 18.5 Å². The summed E-state index contributed by atoms with van der Waals surface area (Å²) in [4.78, 5) is 30.3. The number of carbonyl (C=O) groups excluding carboxylic acids is 2. The van der Waals surface area contributed by atoms with Crippen LogP contribution < -0.4 is 10.1 Å². The molecule has 6 N–H and O–H groups in total. The third-order valence-corrected chi connectivity index (χ3v) is 10.1. The largest absolute Gasteiger partial charge is 0.443 e. The number of ether oxygens (including phenoxy) is 2. The van der Waals surface area contributed by atoms with Crippen LogP contribution in [-0.2, 0) is 40.1 Å². The molecule has 0 bridgehead atoms. The Morgan fingerprint density at radius 2 is 1.62 bits per heavy atom. The zero-order chi connectivity index (χ0) is 38.3. The first-order valence-corrected chi connectivity index (χ1v) is 18.8. The quantitative estimate of drug-likeness (QED) is 0.123. The molecule has 2 amide bonds. The lowest BCUT2D eigenvalue weighted by atomic mass is 9.99. The van der Waals surface area contributed by atoms with E-state index in [9.17, 15) is 35.1 Å². The highest BCUT2D eigenvalue weighted by atomic mass is 16.7. The highest BCUT2D eigenvalue weighted by Gasteiger charge is 2.45. The second kappa shape index (κ2) is 18.1. The highest BCUT2D eigenvalue weighted by Crippen LogP contribution is 2.33. The van der Waals surface area contributed by atoms with Crippen LogP contribution in [0.25, 0.3) is 10.9 Å². The number of aliphatic hydroxyl groups excluding tert-OH is 5. The van der Waals surface area contributed by atoms with Crippen molar-refractivity contribution in [2.75, 3.05) is 45.9 Å². The summed E-state index contributed by atoms with van der Waals surface area (Å²) >= 11 is 0. The number of rotatable bonds is 16.